The fraction of sp³-hybridized carbons (Fsp3) is 0.905. The average Bonchev–Trinajstić information content (AvgIpc) is 0.801. The van der Waals surface area contributed by atoms with E-state index in [2.05, 4.69) is 21.3 Å². The van der Waals surface area contributed by atoms with Gasteiger partial charge in [-0.25, -0.2) is 0 Å². The van der Waals surface area contributed by atoms with Crippen LogP contribution in [0, 0.1) is 0 Å². The molecule has 6 aliphatic rings. The molecule has 4 aliphatic heterocycles. The molecular formula is C42H92N10O34S5. The summed E-state index contributed by atoms with van der Waals surface area (Å²) < 4.78 is 205. The SMILES string of the molecule is CCN[C@@H]1C[C@H](N)[C@@H](O[C@H]2OC(CN)=CC[C@H]2N)[C@H](O)[C@H]1OC1OC[C@](C)(O)[C@H](NC)[C@H]1O.CCN[C@@H]1C[C@H](N)[C@@H](O[C@H]2OC(CN)=CC[C@H]2N)[C@H](O)[C@H]1OC1OC[C@](C)(O)[C@H](NC)[C@H]1O.O=S(=O)(O)O.O=S(=O)(O)O.O=S(=O)(O)O.O=S(=O)(O)O.O=S(=O)(O)O. The zero-order chi connectivity index (χ0) is 71.2. The van der Waals surface area contributed by atoms with Gasteiger partial charge in [0.25, 0.3) is 0 Å². The summed E-state index contributed by atoms with van der Waals surface area (Å²) >= 11 is 0. The van der Waals surface area contributed by atoms with E-state index in [1.807, 2.05) is 26.0 Å². The van der Waals surface area contributed by atoms with Gasteiger partial charge in [-0.1, -0.05) is 13.8 Å². The number of hydrogen-bond acceptors (Lipinski definition) is 34. The quantitative estimate of drug-likeness (QED) is 0.0638. The highest BCUT2D eigenvalue weighted by Gasteiger charge is 2.53. The molecule has 0 amide bonds. The van der Waals surface area contributed by atoms with Gasteiger partial charge in [0.15, 0.2) is 12.6 Å². The van der Waals surface area contributed by atoms with Crippen LogP contribution in [-0.4, -0.2) is 305 Å². The maximum atomic E-state index is 11.3. The number of ether oxygens (including phenoxy) is 8. The van der Waals surface area contributed by atoms with Crippen LogP contribution in [0.5, 0.6) is 0 Å². The van der Waals surface area contributed by atoms with Crippen LogP contribution in [0.2, 0.25) is 0 Å². The zero-order valence-corrected chi connectivity index (χ0v) is 53.9. The van der Waals surface area contributed by atoms with Crippen LogP contribution in [0.15, 0.2) is 23.7 Å². The van der Waals surface area contributed by atoms with Crippen LogP contribution in [0.3, 0.4) is 0 Å². The third-order valence-corrected chi connectivity index (χ3v) is 13.3. The van der Waals surface area contributed by atoms with Gasteiger partial charge < -0.3 is 124 Å². The Morgan fingerprint density at radius 3 is 0.956 bits per heavy atom. The number of aliphatic hydroxyl groups is 6. The third kappa shape index (κ3) is 35.9. The van der Waals surface area contributed by atoms with E-state index in [9.17, 15) is 30.6 Å². The highest BCUT2D eigenvalue weighted by atomic mass is 32.3. The summed E-state index contributed by atoms with van der Waals surface area (Å²) in [5.41, 5.74) is 33.9. The van der Waals surface area contributed by atoms with E-state index in [4.69, 9.17) is 160 Å². The molecule has 0 spiro atoms. The molecule has 49 heteroatoms. The number of nitrogens with two attached hydrogens (primary N) is 6. The van der Waals surface area contributed by atoms with E-state index >= 15 is 0 Å². The summed E-state index contributed by atoms with van der Waals surface area (Å²) in [6, 6.07) is -3.90. The first-order valence-corrected chi connectivity index (χ1v) is 33.7. The number of hydrogen-bond donors (Lipinski definition) is 26. The van der Waals surface area contributed by atoms with Crippen LogP contribution >= 0.6 is 0 Å². The molecule has 4 heterocycles. The minimum atomic E-state index is -4.67. The van der Waals surface area contributed by atoms with Crippen LogP contribution in [0.1, 0.15) is 53.4 Å². The molecule has 44 nitrogen and oxygen atoms in total. The normalized spacial score (nSPS) is 36.9. The molecule has 4 fully saturated rings. The number of likely N-dealkylation sites (N-methyl/N-ethyl adjacent to an activating group) is 4. The predicted octanol–water partition coefficient (Wildman–Crippen LogP) is -9.67. The number of nitrogens with one attached hydrogen (secondary N) is 4. The lowest BCUT2D eigenvalue weighted by molar-refractivity contribution is -0.304. The van der Waals surface area contributed by atoms with Crippen LogP contribution in [0.4, 0.5) is 0 Å². The summed E-state index contributed by atoms with van der Waals surface area (Å²) in [5, 5.41) is 77.5. The third-order valence-electron chi connectivity index (χ3n) is 13.3. The molecule has 32 N–H and O–H groups in total. The molecule has 0 bridgehead atoms. The van der Waals surface area contributed by atoms with Gasteiger partial charge in [-0.15, -0.1) is 0 Å². The first kappa shape index (κ1) is 88.5. The van der Waals surface area contributed by atoms with E-state index in [1.54, 1.807) is 27.9 Å². The van der Waals surface area contributed by atoms with Gasteiger partial charge in [-0.2, -0.15) is 42.1 Å². The Kier molecular flexibility index (Phi) is 38.0. The molecular weight excluding hydrogens is 1350 g/mol. The first-order valence-electron chi connectivity index (χ1n) is 26.7. The molecule has 0 radical (unpaired) electrons. The van der Waals surface area contributed by atoms with E-state index in [0.717, 1.165) is 0 Å². The Labute approximate surface area is 525 Å². The fourth-order valence-corrected chi connectivity index (χ4v) is 9.71. The van der Waals surface area contributed by atoms with Crippen molar-refractivity contribution in [2.24, 2.45) is 34.4 Å². The van der Waals surface area contributed by atoms with Crippen molar-refractivity contribution in [1.82, 2.24) is 21.3 Å². The molecule has 22 atom stereocenters. The van der Waals surface area contributed by atoms with Gasteiger partial charge in [0.05, 0.1) is 50.5 Å². The lowest BCUT2D eigenvalue weighted by Gasteiger charge is -2.49. The molecule has 0 aromatic carbocycles. The van der Waals surface area contributed by atoms with Gasteiger partial charge in [-0.3, -0.25) is 45.5 Å². The summed E-state index contributed by atoms with van der Waals surface area (Å²) in [6.45, 7) is 8.61. The zero-order valence-electron chi connectivity index (χ0n) is 49.8. The summed E-state index contributed by atoms with van der Waals surface area (Å²) in [6.07, 6.45) is -6.11. The smallest absolute Gasteiger partial charge is 0.394 e. The largest absolute Gasteiger partial charge is 0.467 e. The van der Waals surface area contributed by atoms with Crippen molar-refractivity contribution in [2.75, 3.05) is 53.5 Å². The molecule has 6 rings (SSSR count). The Morgan fingerprint density at radius 1 is 0.473 bits per heavy atom. The monoisotopic (exact) mass is 1440 g/mol. The van der Waals surface area contributed by atoms with Gasteiger partial charge in [-0.05, 0) is 78.9 Å². The number of aliphatic hydroxyl groups excluding tert-OH is 4. The van der Waals surface area contributed by atoms with Crippen molar-refractivity contribution in [2.45, 2.75) is 187 Å². The first-order chi connectivity index (χ1) is 41.2. The summed E-state index contributed by atoms with van der Waals surface area (Å²) in [4.78, 5) is 0. The molecule has 2 saturated carbocycles. The molecule has 0 aromatic rings. The summed E-state index contributed by atoms with van der Waals surface area (Å²) in [5.74, 6) is 1.14. The lowest BCUT2D eigenvalue weighted by atomic mass is 9.83. The van der Waals surface area contributed by atoms with Crippen molar-refractivity contribution >= 4 is 52.0 Å². The van der Waals surface area contributed by atoms with Crippen molar-refractivity contribution in [3.8, 4) is 0 Å². The minimum Gasteiger partial charge on any atom is -0.467 e. The molecule has 91 heavy (non-hydrogen) atoms. The molecule has 0 aromatic heterocycles. The maximum absolute atomic E-state index is 11.3. The number of rotatable bonds is 16. The molecule has 2 unspecified atom stereocenters. The highest BCUT2D eigenvalue weighted by molar-refractivity contribution is 7.80. The molecule has 2 saturated heterocycles. The Balaban J connectivity index is 0.00000130. The van der Waals surface area contributed by atoms with E-state index in [1.165, 1.54) is 0 Å². The summed E-state index contributed by atoms with van der Waals surface area (Å²) in [7, 11) is -20.1. The van der Waals surface area contributed by atoms with Gasteiger partial charge >= 0.3 is 52.0 Å². The second-order valence-electron chi connectivity index (χ2n) is 20.9. The minimum absolute atomic E-state index is 0.0483. The highest BCUT2D eigenvalue weighted by Crippen LogP contribution is 2.34. The second kappa shape index (κ2) is 39.1. The van der Waals surface area contributed by atoms with Gasteiger partial charge in [0.2, 0.25) is 12.6 Å². The van der Waals surface area contributed by atoms with Crippen LogP contribution in [0.25, 0.3) is 0 Å². The van der Waals surface area contributed by atoms with E-state index in [-0.39, 0.29) is 38.4 Å². The van der Waals surface area contributed by atoms with Crippen molar-refractivity contribution < 1.29 is 156 Å². The predicted molar refractivity (Wildman–Crippen MR) is 310 cm³/mol. The van der Waals surface area contributed by atoms with Gasteiger partial charge in [0.1, 0.15) is 71.6 Å². The van der Waals surface area contributed by atoms with E-state index < -0.39 is 173 Å². The maximum Gasteiger partial charge on any atom is 0.394 e. The average molecular weight is 1440 g/mol. The fourth-order valence-electron chi connectivity index (χ4n) is 9.71. The van der Waals surface area contributed by atoms with E-state index in [0.29, 0.717) is 50.3 Å². The molecule has 2 aliphatic carbocycles. The van der Waals surface area contributed by atoms with Gasteiger partial charge in [0, 0.05) is 24.2 Å². The Bertz CT molecular complexity index is 2460. The Morgan fingerprint density at radius 2 is 0.725 bits per heavy atom. The molecule has 544 valence electrons. The lowest BCUT2D eigenvalue weighted by Crippen LogP contribution is -2.69. The standard InChI is InChI=1S/2C21H41N5O7.5H2O4S/c2*1-4-26-13-7-12(24)16(32-19-11(23)6-5-10(8-22)31-19)14(27)17(13)33-20-15(28)18(25-3)21(2,29)9-30-20;5*1-5(2,3)4/h2*5,11-20,25-29H,4,6-9,22-24H2,1-3H3;5*(H2,1,2,3,4)/t2*11-,12+,13-,14+,15-,16-,17+,18-,19-,20?,21+;;;;;/m11...../s1. The van der Waals surface area contributed by atoms with Crippen LogP contribution < -0.4 is 55.7 Å². The van der Waals surface area contributed by atoms with Crippen molar-refractivity contribution in [3.63, 3.8) is 0 Å². The van der Waals surface area contributed by atoms with Crippen molar-refractivity contribution in [1.29, 1.82) is 0 Å². The topological polar surface area (TPSA) is 772 Å². The van der Waals surface area contributed by atoms with Crippen LogP contribution in [-0.2, 0) is 89.9 Å². The Hall–Kier alpha value is -2.45. The second-order valence-corrected chi connectivity index (χ2v) is 25.3. The van der Waals surface area contributed by atoms with Crippen molar-refractivity contribution in [3.05, 3.63) is 23.7 Å².